The number of esters is 1. The molecule has 2 amide bonds. The Morgan fingerprint density at radius 3 is 2.52 bits per heavy atom. The van der Waals surface area contributed by atoms with Gasteiger partial charge in [0, 0.05) is 12.1 Å². The molecule has 0 unspecified atom stereocenters. The maximum atomic E-state index is 12.0. The molecular weight excluding hydrogens is 296 g/mol. The third kappa shape index (κ3) is 5.94. The van der Waals surface area contributed by atoms with Crippen molar-refractivity contribution in [2.75, 3.05) is 13.1 Å². The molecule has 6 heteroatoms. The summed E-state index contributed by atoms with van der Waals surface area (Å²) in [4.78, 5) is 35.2. The minimum atomic E-state index is -0.930. The second-order valence-corrected chi connectivity index (χ2v) is 5.15. The molecule has 0 aliphatic heterocycles. The first-order valence-corrected chi connectivity index (χ1v) is 7.28. The summed E-state index contributed by atoms with van der Waals surface area (Å²) in [5.74, 6) is -1.46. The molecule has 0 bridgehead atoms. The average Bonchev–Trinajstić information content (AvgIpc) is 2.52. The fraction of sp³-hybridized carbons (Fsp3) is 0.353. The zero-order valence-corrected chi connectivity index (χ0v) is 13.6. The van der Waals surface area contributed by atoms with Crippen molar-refractivity contribution in [1.29, 1.82) is 0 Å². The normalized spacial score (nSPS) is 11.3. The molecule has 0 radical (unpaired) electrons. The van der Waals surface area contributed by atoms with Crippen LogP contribution in [0.4, 0.5) is 0 Å². The molecule has 1 aromatic carbocycles. The van der Waals surface area contributed by atoms with Crippen molar-refractivity contribution in [3.63, 3.8) is 0 Å². The van der Waals surface area contributed by atoms with Crippen LogP contribution in [-0.2, 0) is 14.3 Å². The third-order valence-corrected chi connectivity index (χ3v) is 3.26. The largest absolute Gasteiger partial charge is 0.451 e. The quantitative estimate of drug-likeness (QED) is 0.586. The first kappa shape index (κ1) is 18.4. The second-order valence-electron chi connectivity index (χ2n) is 5.15. The standard InChI is InChI=1S/C17H22N2O4/c1-5-8-18-16(21)13(4)23-15(20)10-19-17(22)14-7-6-11(2)12(3)9-14/h5-7,9,13H,1,8,10H2,2-4H3,(H,18,21)(H,19,22)/t13-/m1/s1. The lowest BCUT2D eigenvalue weighted by atomic mass is 10.1. The average molecular weight is 318 g/mol. The number of aryl methyl sites for hydroxylation is 2. The topological polar surface area (TPSA) is 84.5 Å². The van der Waals surface area contributed by atoms with Crippen molar-refractivity contribution in [3.05, 3.63) is 47.5 Å². The monoisotopic (exact) mass is 318 g/mol. The second kappa shape index (κ2) is 8.73. The molecule has 0 fully saturated rings. The van der Waals surface area contributed by atoms with Crippen molar-refractivity contribution in [2.24, 2.45) is 0 Å². The van der Waals surface area contributed by atoms with E-state index in [4.69, 9.17) is 4.74 Å². The molecule has 0 aliphatic carbocycles. The summed E-state index contributed by atoms with van der Waals surface area (Å²) >= 11 is 0. The predicted molar refractivity (Wildman–Crippen MR) is 87.0 cm³/mol. The van der Waals surface area contributed by atoms with Crippen LogP contribution in [0, 0.1) is 13.8 Å². The van der Waals surface area contributed by atoms with Gasteiger partial charge in [0.05, 0.1) is 0 Å². The Labute approximate surface area is 135 Å². The van der Waals surface area contributed by atoms with Gasteiger partial charge in [0.1, 0.15) is 6.54 Å². The summed E-state index contributed by atoms with van der Waals surface area (Å²) in [6, 6.07) is 5.28. The zero-order valence-electron chi connectivity index (χ0n) is 13.6. The maximum absolute atomic E-state index is 12.0. The van der Waals surface area contributed by atoms with Crippen LogP contribution in [0.5, 0.6) is 0 Å². The van der Waals surface area contributed by atoms with Gasteiger partial charge in [0.25, 0.3) is 11.8 Å². The van der Waals surface area contributed by atoms with E-state index < -0.39 is 18.0 Å². The number of hydrogen-bond acceptors (Lipinski definition) is 4. The summed E-state index contributed by atoms with van der Waals surface area (Å²) in [7, 11) is 0. The Bertz CT molecular complexity index is 611. The summed E-state index contributed by atoms with van der Waals surface area (Å²) in [5.41, 5.74) is 2.55. The highest BCUT2D eigenvalue weighted by Gasteiger charge is 2.17. The van der Waals surface area contributed by atoms with E-state index in [0.717, 1.165) is 11.1 Å². The Morgan fingerprint density at radius 2 is 1.91 bits per heavy atom. The van der Waals surface area contributed by atoms with E-state index in [1.807, 2.05) is 19.9 Å². The number of amides is 2. The van der Waals surface area contributed by atoms with Gasteiger partial charge >= 0.3 is 5.97 Å². The first-order valence-electron chi connectivity index (χ1n) is 7.28. The maximum Gasteiger partial charge on any atom is 0.326 e. The summed E-state index contributed by atoms with van der Waals surface area (Å²) in [5, 5.41) is 4.99. The molecule has 0 saturated carbocycles. The van der Waals surface area contributed by atoms with E-state index >= 15 is 0 Å². The van der Waals surface area contributed by atoms with Gasteiger partial charge in [-0.2, -0.15) is 0 Å². The van der Waals surface area contributed by atoms with Crippen molar-refractivity contribution in [3.8, 4) is 0 Å². The fourth-order valence-electron chi connectivity index (χ4n) is 1.75. The smallest absolute Gasteiger partial charge is 0.326 e. The molecule has 1 atom stereocenters. The van der Waals surface area contributed by atoms with Gasteiger partial charge in [-0.05, 0) is 44.0 Å². The van der Waals surface area contributed by atoms with Gasteiger partial charge in [-0.15, -0.1) is 6.58 Å². The van der Waals surface area contributed by atoms with Crippen LogP contribution in [0.1, 0.15) is 28.4 Å². The minimum Gasteiger partial charge on any atom is -0.451 e. The lowest BCUT2D eigenvalue weighted by Crippen LogP contribution is -2.38. The molecule has 0 aromatic heterocycles. The Balaban J connectivity index is 2.46. The van der Waals surface area contributed by atoms with Gasteiger partial charge < -0.3 is 15.4 Å². The first-order chi connectivity index (χ1) is 10.8. The number of benzene rings is 1. The van der Waals surface area contributed by atoms with Crippen molar-refractivity contribution < 1.29 is 19.1 Å². The summed E-state index contributed by atoms with van der Waals surface area (Å²) in [6.45, 7) is 8.79. The minimum absolute atomic E-state index is 0.296. The fourth-order valence-corrected chi connectivity index (χ4v) is 1.75. The van der Waals surface area contributed by atoms with Crippen LogP contribution in [0.3, 0.4) is 0 Å². The lowest BCUT2D eigenvalue weighted by Gasteiger charge is -2.13. The molecule has 0 saturated heterocycles. The van der Waals surface area contributed by atoms with Crippen molar-refractivity contribution >= 4 is 17.8 Å². The van der Waals surface area contributed by atoms with Gasteiger partial charge in [0.2, 0.25) is 0 Å². The van der Waals surface area contributed by atoms with Crippen LogP contribution in [0.2, 0.25) is 0 Å². The molecular formula is C17H22N2O4. The summed E-state index contributed by atoms with van der Waals surface area (Å²) in [6.07, 6.45) is 0.594. The van der Waals surface area contributed by atoms with Crippen molar-refractivity contribution in [1.82, 2.24) is 10.6 Å². The number of hydrogen-bond donors (Lipinski definition) is 2. The number of ether oxygens (including phenoxy) is 1. The van der Waals surface area contributed by atoms with Crippen LogP contribution in [0.25, 0.3) is 0 Å². The van der Waals surface area contributed by atoms with Gasteiger partial charge in [-0.1, -0.05) is 12.1 Å². The highest BCUT2D eigenvalue weighted by molar-refractivity contribution is 5.96. The number of nitrogens with one attached hydrogen (secondary N) is 2. The lowest BCUT2D eigenvalue weighted by molar-refractivity contribution is -0.153. The zero-order chi connectivity index (χ0) is 17.4. The molecule has 1 rings (SSSR count). The van der Waals surface area contributed by atoms with E-state index in [2.05, 4.69) is 17.2 Å². The molecule has 124 valence electrons. The van der Waals surface area contributed by atoms with E-state index in [-0.39, 0.29) is 12.5 Å². The third-order valence-electron chi connectivity index (χ3n) is 3.26. The molecule has 1 aromatic rings. The van der Waals surface area contributed by atoms with E-state index in [0.29, 0.717) is 12.1 Å². The highest BCUT2D eigenvalue weighted by atomic mass is 16.5. The van der Waals surface area contributed by atoms with Gasteiger partial charge in [-0.3, -0.25) is 14.4 Å². The summed E-state index contributed by atoms with van der Waals surface area (Å²) < 4.78 is 4.94. The predicted octanol–water partition coefficient (Wildman–Crippen LogP) is 1.27. The van der Waals surface area contributed by atoms with E-state index in [1.54, 1.807) is 12.1 Å². The van der Waals surface area contributed by atoms with Gasteiger partial charge in [0.15, 0.2) is 6.10 Å². The van der Waals surface area contributed by atoms with Crippen molar-refractivity contribution in [2.45, 2.75) is 26.9 Å². The SMILES string of the molecule is C=CCNC(=O)[C@@H](C)OC(=O)CNC(=O)c1ccc(C)c(C)c1. The number of carbonyl (C=O) groups excluding carboxylic acids is 3. The van der Waals surface area contributed by atoms with E-state index in [9.17, 15) is 14.4 Å². The number of carbonyl (C=O) groups is 3. The molecule has 0 heterocycles. The highest BCUT2D eigenvalue weighted by Crippen LogP contribution is 2.09. The van der Waals surface area contributed by atoms with Crippen LogP contribution >= 0.6 is 0 Å². The number of rotatable bonds is 7. The Morgan fingerprint density at radius 1 is 1.22 bits per heavy atom. The van der Waals surface area contributed by atoms with E-state index in [1.165, 1.54) is 13.0 Å². The molecule has 2 N–H and O–H groups in total. The molecule has 23 heavy (non-hydrogen) atoms. The van der Waals surface area contributed by atoms with Gasteiger partial charge in [-0.25, -0.2) is 0 Å². The molecule has 0 aliphatic rings. The Hall–Kier alpha value is -2.63. The molecule has 0 spiro atoms. The van der Waals surface area contributed by atoms with Crippen LogP contribution in [0.15, 0.2) is 30.9 Å². The Kier molecular flexibility index (Phi) is 6.99. The van der Waals surface area contributed by atoms with Crippen LogP contribution < -0.4 is 10.6 Å². The van der Waals surface area contributed by atoms with Crippen LogP contribution in [-0.4, -0.2) is 37.0 Å². The molecule has 6 nitrogen and oxygen atoms in total.